The first-order valence-corrected chi connectivity index (χ1v) is 8.19. The van der Waals surface area contributed by atoms with E-state index in [0.717, 1.165) is 0 Å². The van der Waals surface area contributed by atoms with Gasteiger partial charge in [-0.05, 0) is 30.7 Å². The molecule has 7 heteroatoms. The van der Waals surface area contributed by atoms with Crippen LogP contribution in [-0.4, -0.2) is 30.4 Å². The van der Waals surface area contributed by atoms with Gasteiger partial charge in [0.2, 0.25) is 5.91 Å². The van der Waals surface area contributed by atoms with Gasteiger partial charge in [0.15, 0.2) is 12.4 Å². The van der Waals surface area contributed by atoms with Crippen LogP contribution in [0.1, 0.15) is 12.8 Å². The highest BCUT2D eigenvalue weighted by atomic mass is 16.5. The van der Waals surface area contributed by atoms with Crippen molar-refractivity contribution in [2.24, 2.45) is 0 Å². The number of hydrogen-bond donors (Lipinski definition) is 2. The maximum absolute atomic E-state index is 12.1. The molecule has 2 aromatic carbocycles. The molecule has 0 aromatic heterocycles. The predicted octanol–water partition coefficient (Wildman–Crippen LogP) is 2.24. The number of hydrogen-bond acceptors (Lipinski definition) is 5. The van der Waals surface area contributed by atoms with Crippen LogP contribution in [0.2, 0.25) is 0 Å². The Morgan fingerprint density at radius 1 is 1.08 bits per heavy atom. The minimum Gasteiger partial charge on any atom is -0.455 e. The quantitative estimate of drug-likeness (QED) is 0.776. The minimum absolute atomic E-state index is 0.191. The molecule has 0 radical (unpaired) electrons. The molecule has 3 rings (SSSR count). The Hall–Kier alpha value is -3.35. The minimum atomic E-state index is -0.677. The third kappa shape index (κ3) is 4.60. The third-order valence-corrected chi connectivity index (χ3v) is 3.76. The summed E-state index contributed by atoms with van der Waals surface area (Å²) in [5.41, 5.74) is 0.464. The fourth-order valence-electron chi connectivity index (χ4n) is 2.49. The molecule has 26 heavy (non-hydrogen) atoms. The number of nitrogens with one attached hydrogen (secondary N) is 2. The second-order valence-electron chi connectivity index (χ2n) is 5.73. The summed E-state index contributed by atoms with van der Waals surface area (Å²) >= 11 is 0. The largest absolute Gasteiger partial charge is 0.455 e. The van der Waals surface area contributed by atoms with Crippen molar-refractivity contribution in [1.29, 1.82) is 0 Å². The molecule has 0 aliphatic carbocycles. The second kappa shape index (κ2) is 8.15. The van der Waals surface area contributed by atoms with E-state index in [1.807, 2.05) is 18.2 Å². The Labute approximate surface area is 150 Å². The van der Waals surface area contributed by atoms with Crippen LogP contribution in [0.5, 0.6) is 11.5 Å². The van der Waals surface area contributed by atoms with E-state index in [1.54, 1.807) is 36.4 Å². The molecule has 2 N–H and O–H groups in total. The molecular weight excluding hydrogens is 336 g/mol. The van der Waals surface area contributed by atoms with Crippen LogP contribution in [0.25, 0.3) is 0 Å². The lowest BCUT2D eigenvalue weighted by molar-refractivity contribution is -0.149. The lowest BCUT2D eigenvalue weighted by atomic mass is 10.2. The number of carbonyl (C=O) groups excluding carboxylic acids is 3. The van der Waals surface area contributed by atoms with E-state index >= 15 is 0 Å². The summed E-state index contributed by atoms with van der Waals surface area (Å²) in [6.07, 6.45) is 0.670. The van der Waals surface area contributed by atoms with E-state index < -0.39 is 24.5 Å². The Bertz CT molecular complexity index is 807. The number of carbonyl (C=O) groups is 3. The average molecular weight is 354 g/mol. The fourth-order valence-corrected chi connectivity index (χ4v) is 2.49. The molecule has 2 amide bonds. The number of anilines is 1. The van der Waals surface area contributed by atoms with Gasteiger partial charge in [-0.25, -0.2) is 4.79 Å². The molecule has 7 nitrogen and oxygen atoms in total. The number of benzene rings is 2. The van der Waals surface area contributed by atoms with Gasteiger partial charge in [0.05, 0.1) is 5.69 Å². The summed E-state index contributed by atoms with van der Waals surface area (Å²) in [4.78, 5) is 35.0. The molecule has 0 saturated carbocycles. The van der Waals surface area contributed by atoms with Crippen molar-refractivity contribution in [3.05, 3.63) is 54.6 Å². The Kier molecular flexibility index (Phi) is 5.48. The molecule has 0 bridgehead atoms. The highest BCUT2D eigenvalue weighted by Crippen LogP contribution is 2.28. The summed E-state index contributed by atoms with van der Waals surface area (Å²) in [5.74, 6) is -0.186. The van der Waals surface area contributed by atoms with Gasteiger partial charge in [0.25, 0.3) is 5.91 Å². The smallest absolute Gasteiger partial charge is 0.329 e. The van der Waals surface area contributed by atoms with Crippen LogP contribution in [0, 0.1) is 0 Å². The first-order valence-electron chi connectivity index (χ1n) is 8.19. The van der Waals surface area contributed by atoms with E-state index in [4.69, 9.17) is 9.47 Å². The first kappa shape index (κ1) is 17.5. The van der Waals surface area contributed by atoms with Gasteiger partial charge in [-0.2, -0.15) is 0 Å². The maximum atomic E-state index is 12.1. The van der Waals surface area contributed by atoms with E-state index in [9.17, 15) is 14.4 Å². The van der Waals surface area contributed by atoms with Crippen molar-refractivity contribution in [2.45, 2.75) is 18.9 Å². The summed E-state index contributed by atoms with van der Waals surface area (Å²) in [7, 11) is 0. The number of esters is 1. The molecule has 0 spiro atoms. The molecule has 1 atom stereocenters. The Morgan fingerprint density at radius 3 is 2.54 bits per heavy atom. The van der Waals surface area contributed by atoms with Crippen molar-refractivity contribution in [3.63, 3.8) is 0 Å². The maximum Gasteiger partial charge on any atom is 0.329 e. The van der Waals surface area contributed by atoms with Crippen molar-refractivity contribution >= 4 is 23.5 Å². The number of para-hydroxylation sites is 3. The Balaban J connectivity index is 1.56. The average Bonchev–Trinajstić information content (AvgIpc) is 3.09. The summed E-state index contributed by atoms with van der Waals surface area (Å²) < 4.78 is 10.7. The van der Waals surface area contributed by atoms with Crippen LogP contribution in [0.15, 0.2) is 54.6 Å². The van der Waals surface area contributed by atoms with Crippen LogP contribution < -0.4 is 15.4 Å². The highest BCUT2D eigenvalue weighted by Gasteiger charge is 2.28. The zero-order valence-electron chi connectivity index (χ0n) is 13.9. The van der Waals surface area contributed by atoms with Gasteiger partial charge < -0.3 is 20.1 Å². The monoisotopic (exact) mass is 354 g/mol. The highest BCUT2D eigenvalue weighted by molar-refractivity contribution is 5.95. The lowest BCUT2D eigenvalue weighted by Gasteiger charge is -2.13. The van der Waals surface area contributed by atoms with Crippen molar-refractivity contribution in [3.8, 4) is 11.5 Å². The number of rotatable bonds is 6. The molecule has 1 unspecified atom stereocenters. The molecular formula is C19H18N2O5. The SMILES string of the molecule is O=C(COC(=O)C1CCC(=O)N1)Nc1ccccc1Oc1ccccc1. The van der Waals surface area contributed by atoms with Gasteiger partial charge in [0, 0.05) is 6.42 Å². The Morgan fingerprint density at radius 2 is 1.81 bits per heavy atom. The number of amides is 2. The zero-order chi connectivity index (χ0) is 18.4. The summed E-state index contributed by atoms with van der Waals surface area (Å²) in [6.45, 7) is -0.440. The molecule has 134 valence electrons. The van der Waals surface area contributed by atoms with Crippen LogP contribution in [0.4, 0.5) is 5.69 Å². The molecule has 1 fully saturated rings. The molecule has 1 aliphatic heterocycles. The van der Waals surface area contributed by atoms with Gasteiger partial charge >= 0.3 is 5.97 Å². The van der Waals surface area contributed by atoms with Gasteiger partial charge in [0.1, 0.15) is 11.8 Å². The standard InChI is InChI=1S/C19H18N2O5/c22-17-11-10-15(21-17)19(24)25-12-18(23)20-14-8-4-5-9-16(14)26-13-6-2-1-3-7-13/h1-9,15H,10-12H2,(H,20,23)(H,21,22). The van der Waals surface area contributed by atoms with Crippen molar-refractivity contribution < 1.29 is 23.9 Å². The zero-order valence-corrected chi connectivity index (χ0v) is 13.9. The van der Waals surface area contributed by atoms with E-state index in [0.29, 0.717) is 23.6 Å². The summed E-state index contributed by atoms with van der Waals surface area (Å²) in [6, 6.07) is 15.5. The van der Waals surface area contributed by atoms with Gasteiger partial charge in [-0.1, -0.05) is 30.3 Å². The molecule has 2 aromatic rings. The summed E-state index contributed by atoms with van der Waals surface area (Å²) in [5, 5.41) is 5.16. The topological polar surface area (TPSA) is 93.7 Å². The van der Waals surface area contributed by atoms with Gasteiger partial charge in [-0.3, -0.25) is 9.59 Å². The second-order valence-corrected chi connectivity index (χ2v) is 5.73. The first-order chi connectivity index (χ1) is 12.6. The van der Waals surface area contributed by atoms with Gasteiger partial charge in [-0.15, -0.1) is 0 Å². The van der Waals surface area contributed by atoms with Crippen LogP contribution in [0.3, 0.4) is 0 Å². The van der Waals surface area contributed by atoms with Crippen molar-refractivity contribution in [2.75, 3.05) is 11.9 Å². The fraction of sp³-hybridized carbons (Fsp3) is 0.211. The van der Waals surface area contributed by atoms with E-state index in [2.05, 4.69) is 10.6 Å². The normalized spacial score (nSPS) is 15.8. The molecule has 1 aliphatic rings. The van der Waals surface area contributed by atoms with E-state index in [-0.39, 0.29) is 12.3 Å². The van der Waals surface area contributed by atoms with Crippen molar-refractivity contribution in [1.82, 2.24) is 5.32 Å². The number of ether oxygens (including phenoxy) is 2. The van der Waals surface area contributed by atoms with Crippen LogP contribution in [-0.2, 0) is 19.1 Å². The molecule has 1 saturated heterocycles. The van der Waals surface area contributed by atoms with E-state index in [1.165, 1.54) is 0 Å². The van der Waals surface area contributed by atoms with Crippen LogP contribution >= 0.6 is 0 Å². The lowest BCUT2D eigenvalue weighted by Crippen LogP contribution is -2.36. The third-order valence-electron chi connectivity index (χ3n) is 3.76. The predicted molar refractivity (Wildman–Crippen MR) is 93.7 cm³/mol. The molecule has 1 heterocycles.